The van der Waals surface area contributed by atoms with Gasteiger partial charge >= 0.3 is 0 Å². The summed E-state index contributed by atoms with van der Waals surface area (Å²) in [6, 6.07) is 9.58. The number of hydrogen-bond donors (Lipinski definition) is 1. The first-order chi connectivity index (χ1) is 10.7. The van der Waals surface area contributed by atoms with Crippen molar-refractivity contribution in [3.63, 3.8) is 0 Å². The van der Waals surface area contributed by atoms with Crippen LogP contribution < -0.4 is 10.1 Å². The monoisotopic (exact) mass is 334 g/mol. The van der Waals surface area contributed by atoms with Gasteiger partial charge in [-0.3, -0.25) is 10.1 Å². The Hall–Kier alpha value is -2.25. The minimum absolute atomic E-state index is 0.197. The molecule has 0 radical (unpaired) electrons. The lowest BCUT2D eigenvalue weighted by Gasteiger charge is -2.05. The predicted octanol–water partition coefficient (Wildman–Crippen LogP) is 4.03. The van der Waals surface area contributed by atoms with Gasteiger partial charge in [-0.25, -0.2) is 9.37 Å². The lowest BCUT2D eigenvalue weighted by molar-refractivity contribution is -0.118. The molecule has 0 saturated carbocycles. The van der Waals surface area contributed by atoms with Crippen molar-refractivity contribution in [2.75, 3.05) is 11.9 Å². The fraction of sp³-hybridized carbons (Fsp3) is 0.0667. The molecule has 0 aliphatic heterocycles. The van der Waals surface area contributed by atoms with Crippen LogP contribution in [0.1, 0.15) is 0 Å². The van der Waals surface area contributed by atoms with E-state index in [1.807, 2.05) is 22.9 Å². The minimum atomic E-state index is -0.404. The van der Waals surface area contributed by atoms with Gasteiger partial charge in [0.05, 0.1) is 10.6 Å². The van der Waals surface area contributed by atoms with Gasteiger partial charge < -0.3 is 4.74 Å². The Bertz CT molecular complexity index is 771. The molecule has 1 amide bonds. The SMILES string of the molecule is O=C(COc1cccc(F)c1)Nc1nc(-c2cccs2)cs1. The van der Waals surface area contributed by atoms with Crippen molar-refractivity contribution in [2.24, 2.45) is 0 Å². The number of rotatable bonds is 5. The summed E-state index contributed by atoms with van der Waals surface area (Å²) in [5.74, 6) is -0.427. The van der Waals surface area contributed by atoms with Crippen molar-refractivity contribution in [2.45, 2.75) is 0 Å². The van der Waals surface area contributed by atoms with Gasteiger partial charge in [0.1, 0.15) is 11.6 Å². The Morgan fingerprint density at radius 3 is 2.95 bits per heavy atom. The third-order valence-corrected chi connectivity index (χ3v) is 4.34. The molecule has 112 valence electrons. The molecular weight excluding hydrogens is 323 g/mol. The Kier molecular flexibility index (Phi) is 4.45. The zero-order valence-corrected chi connectivity index (χ0v) is 12.9. The molecule has 0 unspecified atom stereocenters. The lowest BCUT2D eigenvalue weighted by atomic mass is 10.3. The predicted molar refractivity (Wildman–Crippen MR) is 86.0 cm³/mol. The lowest BCUT2D eigenvalue weighted by Crippen LogP contribution is -2.20. The molecule has 0 fully saturated rings. The van der Waals surface area contributed by atoms with E-state index in [0.717, 1.165) is 10.6 Å². The second-order valence-corrected chi connectivity index (χ2v) is 6.12. The first kappa shape index (κ1) is 14.7. The summed E-state index contributed by atoms with van der Waals surface area (Å²) in [4.78, 5) is 17.2. The van der Waals surface area contributed by atoms with Crippen LogP contribution in [-0.4, -0.2) is 17.5 Å². The van der Waals surface area contributed by atoms with Crippen LogP contribution in [0.5, 0.6) is 5.75 Å². The van der Waals surface area contributed by atoms with Crippen molar-refractivity contribution in [1.29, 1.82) is 0 Å². The Balaban J connectivity index is 1.56. The Morgan fingerprint density at radius 1 is 1.27 bits per heavy atom. The molecule has 1 N–H and O–H groups in total. The number of anilines is 1. The number of hydrogen-bond acceptors (Lipinski definition) is 5. The number of carbonyl (C=O) groups excluding carboxylic acids is 1. The van der Waals surface area contributed by atoms with Gasteiger partial charge in [-0.05, 0) is 23.6 Å². The van der Waals surface area contributed by atoms with Crippen LogP contribution in [0.4, 0.5) is 9.52 Å². The first-order valence-electron chi connectivity index (χ1n) is 6.38. The van der Waals surface area contributed by atoms with Crippen LogP contribution in [0.2, 0.25) is 0 Å². The number of thiazole rings is 1. The first-order valence-corrected chi connectivity index (χ1v) is 8.14. The van der Waals surface area contributed by atoms with Gasteiger partial charge in [-0.1, -0.05) is 12.1 Å². The zero-order valence-electron chi connectivity index (χ0n) is 11.3. The highest BCUT2D eigenvalue weighted by molar-refractivity contribution is 7.16. The average Bonchev–Trinajstić information content (AvgIpc) is 3.16. The standard InChI is InChI=1S/C15H11FN2O2S2/c16-10-3-1-4-11(7-10)20-8-14(19)18-15-17-12(9-22-15)13-5-2-6-21-13/h1-7,9H,8H2,(H,17,18,19). The molecule has 3 aromatic rings. The van der Waals surface area contributed by atoms with Crippen LogP contribution in [-0.2, 0) is 4.79 Å². The average molecular weight is 334 g/mol. The number of nitrogens with zero attached hydrogens (tertiary/aromatic N) is 1. The summed E-state index contributed by atoms with van der Waals surface area (Å²) >= 11 is 2.94. The van der Waals surface area contributed by atoms with E-state index in [0.29, 0.717) is 10.9 Å². The van der Waals surface area contributed by atoms with E-state index in [2.05, 4.69) is 10.3 Å². The highest BCUT2D eigenvalue weighted by atomic mass is 32.1. The molecule has 7 heteroatoms. The summed E-state index contributed by atoms with van der Waals surface area (Å²) < 4.78 is 18.2. The van der Waals surface area contributed by atoms with Gasteiger partial charge in [0.2, 0.25) is 0 Å². The molecule has 2 heterocycles. The molecule has 0 bridgehead atoms. The van der Waals surface area contributed by atoms with Crippen molar-refractivity contribution in [3.8, 4) is 16.3 Å². The number of ether oxygens (including phenoxy) is 1. The summed E-state index contributed by atoms with van der Waals surface area (Å²) in [6.45, 7) is -0.197. The number of thiophene rings is 1. The third-order valence-electron chi connectivity index (χ3n) is 2.69. The van der Waals surface area contributed by atoms with Gasteiger partial charge in [-0.2, -0.15) is 0 Å². The molecule has 1 aromatic carbocycles. The highest BCUT2D eigenvalue weighted by Gasteiger charge is 2.09. The molecular formula is C15H11FN2O2S2. The van der Waals surface area contributed by atoms with Gasteiger partial charge in [0, 0.05) is 11.4 Å². The molecule has 0 atom stereocenters. The number of halogens is 1. The van der Waals surface area contributed by atoms with Crippen LogP contribution in [0.3, 0.4) is 0 Å². The fourth-order valence-corrected chi connectivity index (χ4v) is 3.22. The van der Waals surface area contributed by atoms with Gasteiger partial charge in [0.15, 0.2) is 11.7 Å². The normalized spacial score (nSPS) is 10.4. The second kappa shape index (κ2) is 6.67. The fourth-order valence-electron chi connectivity index (χ4n) is 1.73. The number of benzene rings is 1. The molecule has 0 spiro atoms. The highest BCUT2D eigenvalue weighted by Crippen LogP contribution is 2.28. The van der Waals surface area contributed by atoms with E-state index in [4.69, 9.17) is 4.74 Å². The molecule has 22 heavy (non-hydrogen) atoms. The molecule has 0 aliphatic rings. The Labute approximate surface area is 134 Å². The largest absolute Gasteiger partial charge is 0.484 e. The molecule has 0 saturated heterocycles. The van der Waals surface area contributed by atoms with Crippen LogP contribution in [0.15, 0.2) is 47.2 Å². The van der Waals surface area contributed by atoms with E-state index in [9.17, 15) is 9.18 Å². The summed E-state index contributed by atoms with van der Waals surface area (Å²) in [5, 5.41) is 7.03. The van der Waals surface area contributed by atoms with E-state index >= 15 is 0 Å². The van der Waals surface area contributed by atoms with E-state index < -0.39 is 5.82 Å². The number of amides is 1. The van der Waals surface area contributed by atoms with Gasteiger partial charge in [-0.15, -0.1) is 22.7 Å². The zero-order chi connectivity index (χ0) is 15.4. The van der Waals surface area contributed by atoms with Crippen molar-refractivity contribution < 1.29 is 13.9 Å². The molecule has 2 aromatic heterocycles. The van der Waals surface area contributed by atoms with Gasteiger partial charge in [0.25, 0.3) is 5.91 Å². The second-order valence-electron chi connectivity index (χ2n) is 4.31. The van der Waals surface area contributed by atoms with Crippen LogP contribution in [0, 0.1) is 5.82 Å². The topological polar surface area (TPSA) is 51.2 Å². The summed E-state index contributed by atoms with van der Waals surface area (Å²) in [7, 11) is 0. The van der Waals surface area contributed by atoms with E-state index in [1.165, 1.54) is 29.5 Å². The van der Waals surface area contributed by atoms with E-state index in [1.54, 1.807) is 17.4 Å². The maximum absolute atomic E-state index is 13.0. The maximum atomic E-state index is 13.0. The Morgan fingerprint density at radius 2 is 2.18 bits per heavy atom. The van der Waals surface area contributed by atoms with Crippen molar-refractivity contribution in [3.05, 3.63) is 53.0 Å². The van der Waals surface area contributed by atoms with E-state index in [-0.39, 0.29) is 12.5 Å². The molecule has 4 nitrogen and oxygen atoms in total. The number of carbonyl (C=O) groups is 1. The van der Waals surface area contributed by atoms with Crippen LogP contribution >= 0.6 is 22.7 Å². The van der Waals surface area contributed by atoms with Crippen molar-refractivity contribution >= 4 is 33.7 Å². The number of nitrogens with one attached hydrogen (secondary N) is 1. The number of aromatic nitrogens is 1. The van der Waals surface area contributed by atoms with Crippen LogP contribution in [0.25, 0.3) is 10.6 Å². The quantitative estimate of drug-likeness (QED) is 0.766. The maximum Gasteiger partial charge on any atom is 0.264 e. The smallest absolute Gasteiger partial charge is 0.264 e. The van der Waals surface area contributed by atoms with Crippen molar-refractivity contribution in [1.82, 2.24) is 4.98 Å². The molecule has 3 rings (SSSR count). The molecule has 0 aliphatic carbocycles. The summed E-state index contributed by atoms with van der Waals surface area (Å²) in [6.07, 6.45) is 0. The summed E-state index contributed by atoms with van der Waals surface area (Å²) in [5.41, 5.74) is 0.835. The third kappa shape index (κ3) is 3.69. The minimum Gasteiger partial charge on any atom is -0.484 e.